The Bertz CT molecular complexity index is 1870. The molecule has 7 nitrogen and oxygen atoms in total. The summed E-state index contributed by atoms with van der Waals surface area (Å²) in [7, 11) is 0. The Hall–Kier alpha value is -4.13. The Morgan fingerprint density at radius 2 is 1.17 bits per heavy atom. The van der Waals surface area contributed by atoms with Gasteiger partial charge in [0.15, 0.2) is 0 Å². The predicted octanol–water partition coefficient (Wildman–Crippen LogP) is 12.0. The van der Waals surface area contributed by atoms with E-state index < -0.39 is 0 Å². The van der Waals surface area contributed by atoms with E-state index in [0.29, 0.717) is 36.2 Å². The molecule has 2 saturated carbocycles. The van der Waals surface area contributed by atoms with E-state index in [1.807, 2.05) is 42.5 Å². The third-order valence-electron chi connectivity index (χ3n) is 14.7. The Morgan fingerprint density at radius 3 is 1.79 bits per heavy atom. The molecule has 6 atom stereocenters. The molecule has 2 fully saturated rings. The Labute approximate surface area is 347 Å². The van der Waals surface area contributed by atoms with Gasteiger partial charge in [-0.3, -0.25) is 9.59 Å². The average molecular weight is 790 g/mol. The minimum Gasteiger partial charge on any atom is -0.445 e. The predicted molar refractivity (Wildman–Crippen MR) is 229 cm³/mol. The zero-order valence-electron chi connectivity index (χ0n) is 35.5. The molecule has 4 aliphatic carbocycles. The molecule has 1 N–H and O–H groups in total. The summed E-state index contributed by atoms with van der Waals surface area (Å²) in [5.74, 6) is 2.64. The maximum Gasteiger partial charge on any atom is 0.407 e. The molecule has 4 aliphatic rings. The normalized spacial score (nSPS) is 26.3. The summed E-state index contributed by atoms with van der Waals surface area (Å²) in [5.41, 5.74) is 6.13. The molecule has 4 bridgehead atoms. The second-order valence-electron chi connectivity index (χ2n) is 18.6. The molecule has 0 heterocycles. The zero-order chi connectivity index (χ0) is 40.5. The van der Waals surface area contributed by atoms with Gasteiger partial charge in [0.2, 0.25) is 0 Å². The number of amides is 1. The number of alkyl carbamates (subject to hydrolysis) is 1. The van der Waals surface area contributed by atoms with E-state index in [-0.39, 0.29) is 41.5 Å². The summed E-state index contributed by atoms with van der Waals surface area (Å²) in [4.78, 5) is 38.9. The molecule has 0 aromatic heterocycles. The third-order valence-corrected chi connectivity index (χ3v) is 14.7. The van der Waals surface area contributed by atoms with Crippen LogP contribution in [0.5, 0.6) is 11.5 Å². The first-order chi connectivity index (χ1) is 28.1. The number of rotatable bonds is 14. The first-order valence-corrected chi connectivity index (χ1v) is 22.8. The van der Waals surface area contributed by atoms with Gasteiger partial charge in [-0.25, -0.2) is 4.79 Å². The van der Waals surface area contributed by atoms with Crippen LogP contribution in [0.2, 0.25) is 0 Å². The number of ether oxygens (including phenoxy) is 3. The fraction of sp³-hybridized carbons (Fsp3) is 0.588. The van der Waals surface area contributed by atoms with Crippen LogP contribution in [0.15, 0.2) is 66.7 Å². The van der Waals surface area contributed by atoms with Crippen LogP contribution < -0.4 is 14.8 Å². The summed E-state index contributed by atoms with van der Waals surface area (Å²) in [6.07, 6.45) is 19.9. The van der Waals surface area contributed by atoms with Crippen molar-refractivity contribution >= 4 is 18.0 Å². The second kappa shape index (κ2) is 19.3. The van der Waals surface area contributed by atoms with Crippen molar-refractivity contribution < 1.29 is 28.6 Å². The molecule has 7 heteroatoms. The summed E-state index contributed by atoms with van der Waals surface area (Å²) in [6, 6.07) is 22.2. The van der Waals surface area contributed by atoms with Gasteiger partial charge in [0.05, 0.1) is 0 Å². The van der Waals surface area contributed by atoms with Gasteiger partial charge >= 0.3 is 18.0 Å². The first kappa shape index (κ1) is 42.0. The molecule has 7 rings (SSSR count). The molecule has 312 valence electrons. The van der Waals surface area contributed by atoms with Gasteiger partial charge in [0.1, 0.15) is 18.1 Å². The molecule has 58 heavy (non-hydrogen) atoms. The highest BCUT2D eigenvalue weighted by Crippen LogP contribution is 2.51. The van der Waals surface area contributed by atoms with Gasteiger partial charge in [-0.15, -0.1) is 0 Å². The van der Waals surface area contributed by atoms with E-state index in [2.05, 4.69) is 50.4 Å². The topological polar surface area (TPSA) is 90.9 Å². The van der Waals surface area contributed by atoms with Crippen LogP contribution in [-0.2, 0) is 44.6 Å². The van der Waals surface area contributed by atoms with Crippen LogP contribution in [0.3, 0.4) is 0 Å². The number of fused-ring (bicyclic) bond motifs is 8. The Morgan fingerprint density at radius 1 is 0.638 bits per heavy atom. The maximum atomic E-state index is 13.1. The van der Waals surface area contributed by atoms with Crippen molar-refractivity contribution in [2.24, 2.45) is 17.8 Å². The first-order valence-electron chi connectivity index (χ1n) is 22.8. The largest absolute Gasteiger partial charge is 0.445 e. The average Bonchev–Trinajstić information content (AvgIpc) is 3.21. The van der Waals surface area contributed by atoms with Gasteiger partial charge < -0.3 is 19.5 Å². The number of unbranched alkanes of at least 4 members (excludes halogenated alkanes) is 5. The molecule has 0 unspecified atom stereocenters. The van der Waals surface area contributed by atoms with Crippen LogP contribution >= 0.6 is 0 Å². The maximum absolute atomic E-state index is 13.1. The molecule has 3 aromatic rings. The van der Waals surface area contributed by atoms with Crippen molar-refractivity contribution in [1.82, 2.24) is 5.32 Å². The molecule has 0 radical (unpaired) electrons. The molecule has 0 spiro atoms. The quantitative estimate of drug-likeness (QED) is 0.0993. The van der Waals surface area contributed by atoms with E-state index in [4.69, 9.17) is 14.2 Å². The fourth-order valence-corrected chi connectivity index (χ4v) is 11.2. The van der Waals surface area contributed by atoms with Crippen molar-refractivity contribution in [3.8, 4) is 11.5 Å². The van der Waals surface area contributed by atoms with Crippen LogP contribution in [0, 0.1) is 17.8 Å². The lowest BCUT2D eigenvalue weighted by Crippen LogP contribution is -2.57. The number of carbonyl (C=O) groups excluding carboxylic acids is 3. The van der Waals surface area contributed by atoms with Crippen molar-refractivity contribution in [3.05, 3.63) is 94.5 Å². The van der Waals surface area contributed by atoms with Crippen molar-refractivity contribution in [3.63, 3.8) is 0 Å². The number of benzene rings is 3. The fourth-order valence-electron chi connectivity index (χ4n) is 11.2. The standard InChI is InChI=1S/C51H67NO6/c1-36-38-21-13-9-17-29-50(36,2)44-33-42(27-25-39(44)31-38)57-46(53)23-15-6-4-5-7-16-24-47(54)58-43-28-26-40-32-41-22-14-10-18-30-51(3,45(40)34-43)48(41)52-49(55)56-35-37-19-11-8-12-20-37/h8,11-12,19-20,25-28,33-34,36,38,41,48H,4-7,9-10,13-18,21-24,29-32,35H2,1-3H3,(H,52,55)/t36-,38-,41-,48-,50-,51+/m0/s1. The monoisotopic (exact) mass is 789 g/mol. The van der Waals surface area contributed by atoms with E-state index in [1.165, 1.54) is 60.8 Å². The third kappa shape index (κ3) is 10.00. The Balaban J connectivity index is 0.827. The molecule has 1 amide bonds. The smallest absolute Gasteiger partial charge is 0.407 e. The summed E-state index contributed by atoms with van der Waals surface area (Å²) < 4.78 is 17.5. The van der Waals surface area contributed by atoms with E-state index in [9.17, 15) is 14.4 Å². The second-order valence-corrected chi connectivity index (χ2v) is 18.6. The highest BCUT2D eigenvalue weighted by atomic mass is 16.5. The summed E-state index contributed by atoms with van der Waals surface area (Å²) >= 11 is 0. The lowest BCUT2D eigenvalue weighted by atomic mass is 9.57. The van der Waals surface area contributed by atoms with E-state index >= 15 is 0 Å². The Kier molecular flexibility index (Phi) is 14.0. The molecular formula is C51H67NO6. The lowest BCUT2D eigenvalue weighted by molar-refractivity contribution is -0.135. The van der Waals surface area contributed by atoms with Crippen molar-refractivity contribution in [2.75, 3.05) is 0 Å². The van der Waals surface area contributed by atoms with E-state index in [1.54, 1.807) is 0 Å². The molecule has 0 saturated heterocycles. The van der Waals surface area contributed by atoms with Gasteiger partial charge in [0.25, 0.3) is 0 Å². The highest BCUT2D eigenvalue weighted by molar-refractivity contribution is 5.73. The van der Waals surface area contributed by atoms with Crippen molar-refractivity contribution in [2.45, 2.75) is 173 Å². The van der Waals surface area contributed by atoms with Gasteiger partial charge in [-0.05, 0) is 127 Å². The van der Waals surface area contributed by atoms with Crippen LogP contribution in [0.1, 0.15) is 164 Å². The highest BCUT2D eigenvalue weighted by Gasteiger charge is 2.47. The number of carbonyl (C=O) groups is 3. The van der Waals surface area contributed by atoms with Crippen molar-refractivity contribution in [1.29, 1.82) is 0 Å². The number of nitrogens with one attached hydrogen (secondary N) is 1. The summed E-state index contributed by atoms with van der Waals surface area (Å²) in [6.45, 7) is 7.38. The summed E-state index contributed by atoms with van der Waals surface area (Å²) in [5, 5.41) is 3.30. The van der Waals surface area contributed by atoms with Gasteiger partial charge in [0, 0.05) is 24.3 Å². The minimum absolute atomic E-state index is 0.0592. The van der Waals surface area contributed by atoms with Gasteiger partial charge in [-0.1, -0.05) is 127 Å². The van der Waals surface area contributed by atoms with Crippen LogP contribution in [-0.4, -0.2) is 24.1 Å². The lowest BCUT2D eigenvalue weighted by Gasteiger charge is -2.49. The SMILES string of the molecule is C[C@H]1[C@H]2CCCCC[C@]1(C)c1cc(OC(=O)CCCCCCCCC(=O)Oc3ccc4c(c3)[C@@]3(C)CCCCC[C@@H](C4)[C@@H]3NC(=O)OCc3ccccc3)ccc1C2. The number of esters is 2. The molecule has 0 aliphatic heterocycles. The number of hydrogen-bond acceptors (Lipinski definition) is 6. The van der Waals surface area contributed by atoms with Crippen LogP contribution in [0.25, 0.3) is 0 Å². The minimum atomic E-state index is -0.379. The molecule has 3 aromatic carbocycles. The van der Waals surface area contributed by atoms with Gasteiger partial charge in [-0.2, -0.15) is 0 Å². The number of hydrogen-bond donors (Lipinski definition) is 1. The zero-order valence-corrected chi connectivity index (χ0v) is 35.5. The van der Waals surface area contributed by atoms with E-state index in [0.717, 1.165) is 88.5 Å². The van der Waals surface area contributed by atoms with Crippen LogP contribution in [0.4, 0.5) is 4.79 Å². The molecular weight excluding hydrogens is 723 g/mol.